The number of non-ortho nitro benzene ring substituents is 1. The Bertz CT molecular complexity index is 704. The number of carbonyl (C=O) groups is 1. The zero-order valence-electron chi connectivity index (χ0n) is 13.3. The summed E-state index contributed by atoms with van der Waals surface area (Å²) >= 11 is 1.68. The predicted molar refractivity (Wildman–Crippen MR) is 96.5 cm³/mol. The third kappa shape index (κ3) is 5.92. The number of benzene rings is 2. The first-order chi connectivity index (χ1) is 11.5. The molecule has 0 spiro atoms. The summed E-state index contributed by atoms with van der Waals surface area (Å²) in [7, 11) is 0. The number of nitro groups is 1. The molecule has 6 nitrogen and oxygen atoms in total. The minimum atomic E-state index is -0.465. The van der Waals surface area contributed by atoms with Gasteiger partial charge in [-0.05, 0) is 25.1 Å². The molecule has 126 valence electrons. The molecule has 2 aromatic carbocycles. The van der Waals surface area contributed by atoms with Gasteiger partial charge in [0.1, 0.15) is 0 Å². The van der Waals surface area contributed by atoms with Gasteiger partial charge in [0.2, 0.25) is 5.91 Å². The quantitative estimate of drug-likeness (QED) is 0.332. The number of nitrogens with one attached hydrogen (secondary N) is 2. The molecule has 0 radical (unpaired) electrons. The van der Waals surface area contributed by atoms with Crippen molar-refractivity contribution in [2.75, 3.05) is 24.2 Å². The Morgan fingerprint density at radius 3 is 2.67 bits per heavy atom. The average molecular weight is 345 g/mol. The van der Waals surface area contributed by atoms with Crippen LogP contribution in [0.5, 0.6) is 0 Å². The smallest absolute Gasteiger partial charge is 0.271 e. The number of nitrogens with zero attached hydrogens (tertiary/aromatic N) is 1. The van der Waals surface area contributed by atoms with Crippen molar-refractivity contribution in [3.05, 3.63) is 64.2 Å². The first-order valence-corrected chi connectivity index (χ1v) is 8.47. The van der Waals surface area contributed by atoms with Gasteiger partial charge in [0.25, 0.3) is 5.69 Å². The monoisotopic (exact) mass is 345 g/mol. The summed E-state index contributed by atoms with van der Waals surface area (Å²) in [4.78, 5) is 23.2. The van der Waals surface area contributed by atoms with E-state index in [0.29, 0.717) is 12.2 Å². The van der Waals surface area contributed by atoms with Crippen molar-refractivity contribution in [2.24, 2.45) is 0 Å². The van der Waals surface area contributed by atoms with E-state index in [1.807, 2.05) is 6.92 Å². The third-order valence-corrected chi connectivity index (χ3v) is 4.24. The van der Waals surface area contributed by atoms with Crippen molar-refractivity contribution < 1.29 is 9.72 Å². The summed E-state index contributed by atoms with van der Waals surface area (Å²) in [5.41, 5.74) is 1.77. The number of amides is 1. The maximum Gasteiger partial charge on any atom is 0.271 e. The molecule has 0 aliphatic rings. The minimum Gasteiger partial charge on any atom is -0.376 e. The van der Waals surface area contributed by atoms with Crippen molar-refractivity contribution in [3.8, 4) is 0 Å². The Kier molecular flexibility index (Phi) is 6.62. The maximum absolute atomic E-state index is 11.8. The summed E-state index contributed by atoms with van der Waals surface area (Å²) in [5, 5.41) is 16.4. The zero-order chi connectivity index (χ0) is 17.4. The number of hydrogen-bond acceptors (Lipinski definition) is 5. The summed E-state index contributed by atoms with van der Waals surface area (Å²) in [6.45, 7) is 2.69. The Balaban J connectivity index is 1.67. The molecule has 0 aliphatic heterocycles. The highest BCUT2D eigenvalue weighted by Gasteiger charge is 2.06. The van der Waals surface area contributed by atoms with Crippen molar-refractivity contribution in [3.63, 3.8) is 0 Å². The molecular formula is C17H19N3O3S. The van der Waals surface area contributed by atoms with Gasteiger partial charge < -0.3 is 10.6 Å². The largest absolute Gasteiger partial charge is 0.376 e. The number of nitro benzene ring substituents is 1. The molecule has 24 heavy (non-hydrogen) atoms. The topological polar surface area (TPSA) is 84.3 Å². The van der Waals surface area contributed by atoms with Crippen molar-refractivity contribution >= 4 is 29.0 Å². The summed E-state index contributed by atoms with van der Waals surface area (Å²) < 4.78 is 0. The SMILES string of the molecule is Cc1ccc(SCCNC(=O)CNc2cccc([N+](=O)[O-])c2)cc1. The fourth-order valence-electron chi connectivity index (χ4n) is 1.97. The van der Waals surface area contributed by atoms with Gasteiger partial charge >= 0.3 is 0 Å². The molecule has 7 heteroatoms. The Morgan fingerprint density at radius 1 is 1.21 bits per heavy atom. The van der Waals surface area contributed by atoms with Gasteiger partial charge in [0.15, 0.2) is 0 Å². The molecule has 0 atom stereocenters. The average Bonchev–Trinajstić information content (AvgIpc) is 2.58. The molecule has 2 N–H and O–H groups in total. The number of rotatable bonds is 8. The second-order valence-electron chi connectivity index (χ2n) is 5.17. The number of aryl methyl sites for hydroxylation is 1. The van der Waals surface area contributed by atoms with Crippen LogP contribution in [0.2, 0.25) is 0 Å². The van der Waals surface area contributed by atoms with Crippen LogP contribution < -0.4 is 10.6 Å². The normalized spacial score (nSPS) is 10.2. The van der Waals surface area contributed by atoms with E-state index in [2.05, 4.69) is 34.9 Å². The molecule has 0 saturated heterocycles. The number of carbonyl (C=O) groups excluding carboxylic acids is 1. The third-order valence-electron chi connectivity index (χ3n) is 3.22. The van der Waals surface area contributed by atoms with E-state index >= 15 is 0 Å². The Labute approximate surface area is 144 Å². The van der Waals surface area contributed by atoms with Crippen LogP contribution in [-0.4, -0.2) is 29.7 Å². The number of thioether (sulfide) groups is 1. The summed E-state index contributed by atoms with van der Waals surface area (Å²) in [6, 6.07) is 14.3. The van der Waals surface area contributed by atoms with Gasteiger partial charge in [-0.15, -0.1) is 11.8 Å². The second kappa shape index (κ2) is 8.93. The predicted octanol–water partition coefficient (Wildman–Crippen LogP) is 3.22. The van der Waals surface area contributed by atoms with Crippen LogP contribution in [0.3, 0.4) is 0 Å². The van der Waals surface area contributed by atoms with Crippen LogP contribution in [0.25, 0.3) is 0 Å². The van der Waals surface area contributed by atoms with E-state index < -0.39 is 4.92 Å². The van der Waals surface area contributed by atoms with Gasteiger partial charge in [-0.2, -0.15) is 0 Å². The lowest BCUT2D eigenvalue weighted by molar-refractivity contribution is -0.384. The molecular weight excluding hydrogens is 326 g/mol. The fourth-order valence-corrected chi connectivity index (χ4v) is 2.74. The lowest BCUT2D eigenvalue weighted by atomic mass is 10.2. The molecule has 0 heterocycles. The zero-order valence-corrected chi connectivity index (χ0v) is 14.1. The van der Waals surface area contributed by atoms with Gasteiger partial charge in [-0.3, -0.25) is 14.9 Å². The highest BCUT2D eigenvalue weighted by Crippen LogP contribution is 2.18. The Morgan fingerprint density at radius 2 is 1.96 bits per heavy atom. The van der Waals surface area contributed by atoms with E-state index in [9.17, 15) is 14.9 Å². The molecule has 2 aromatic rings. The highest BCUT2D eigenvalue weighted by atomic mass is 32.2. The first kappa shape index (κ1) is 17.8. The van der Waals surface area contributed by atoms with Gasteiger partial charge in [-0.1, -0.05) is 23.8 Å². The van der Waals surface area contributed by atoms with Crippen molar-refractivity contribution in [2.45, 2.75) is 11.8 Å². The number of anilines is 1. The Hall–Kier alpha value is -2.54. The van der Waals surface area contributed by atoms with Crippen LogP contribution in [0.1, 0.15) is 5.56 Å². The van der Waals surface area contributed by atoms with E-state index in [0.717, 1.165) is 5.75 Å². The first-order valence-electron chi connectivity index (χ1n) is 7.49. The van der Waals surface area contributed by atoms with Gasteiger partial charge in [-0.25, -0.2) is 0 Å². The lowest BCUT2D eigenvalue weighted by Crippen LogP contribution is -2.31. The van der Waals surface area contributed by atoms with E-state index in [4.69, 9.17) is 0 Å². The summed E-state index contributed by atoms with van der Waals surface area (Å²) in [6.07, 6.45) is 0. The highest BCUT2D eigenvalue weighted by molar-refractivity contribution is 7.99. The van der Waals surface area contributed by atoms with Gasteiger partial charge in [0.05, 0.1) is 11.5 Å². The molecule has 0 unspecified atom stereocenters. The standard InChI is InChI=1S/C17H19N3O3S/c1-13-5-7-16(8-6-13)24-10-9-18-17(21)12-19-14-3-2-4-15(11-14)20(22)23/h2-8,11,19H,9-10,12H2,1H3,(H,18,21). The summed E-state index contributed by atoms with van der Waals surface area (Å²) in [5.74, 6) is 0.636. The fraction of sp³-hybridized carbons (Fsp3) is 0.235. The van der Waals surface area contributed by atoms with E-state index in [1.54, 1.807) is 23.9 Å². The van der Waals surface area contributed by atoms with Gasteiger partial charge in [0, 0.05) is 35.0 Å². The second-order valence-corrected chi connectivity index (χ2v) is 6.34. The van der Waals surface area contributed by atoms with Crippen LogP contribution in [-0.2, 0) is 4.79 Å². The molecule has 2 rings (SSSR count). The molecule has 0 aliphatic carbocycles. The van der Waals surface area contributed by atoms with Crippen LogP contribution in [0, 0.1) is 17.0 Å². The van der Waals surface area contributed by atoms with Crippen molar-refractivity contribution in [1.82, 2.24) is 5.32 Å². The molecule has 0 bridgehead atoms. The van der Waals surface area contributed by atoms with Crippen LogP contribution in [0.15, 0.2) is 53.4 Å². The molecule has 0 saturated carbocycles. The van der Waals surface area contributed by atoms with Crippen molar-refractivity contribution in [1.29, 1.82) is 0 Å². The van der Waals surface area contributed by atoms with Crippen LogP contribution in [0.4, 0.5) is 11.4 Å². The maximum atomic E-state index is 11.8. The van der Waals surface area contributed by atoms with E-state index in [-0.39, 0.29) is 18.1 Å². The molecule has 1 amide bonds. The molecule has 0 aromatic heterocycles. The lowest BCUT2D eigenvalue weighted by Gasteiger charge is -2.08. The minimum absolute atomic E-state index is 0.00472. The number of hydrogen-bond donors (Lipinski definition) is 2. The van der Waals surface area contributed by atoms with Crippen LogP contribution >= 0.6 is 11.8 Å². The molecule has 0 fully saturated rings. The van der Waals surface area contributed by atoms with E-state index in [1.165, 1.54) is 22.6 Å².